The molecule has 0 atom stereocenters. The van der Waals surface area contributed by atoms with Crippen LogP contribution in [0, 0.1) is 0 Å². The van der Waals surface area contributed by atoms with Crippen LogP contribution in [0.1, 0.15) is 0 Å². The third-order valence-electron chi connectivity index (χ3n) is 0. The number of hydrogen-bond donors (Lipinski definition) is 2. The van der Waals surface area contributed by atoms with Crippen LogP contribution in [0.4, 0.5) is 0 Å². The molecule has 0 radical (unpaired) electrons. The maximum Gasteiger partial charge on any atom is 0.290 e. The zero-order valence-corrected chi connectivity index (χ0v) is 8.61. The average molecular weight is 240 g/mol. The summed E-state index contributed by atoms with van der Waals surface area (Å²) in [4.78, 5) is 16.7. The van der Waals surface area contributed by atoms with Gasteiger partial charge in [-0.2, -0.15) is 0 Å². The molecular formula is C2H8CdO6. The molecule has 0 aromatic rings. The summed E-state index contributed by atoms with van der Waals surface area (Å²) in [5, 5.41) is 13.8. The monoisotopic (exact) mass is 242 g/mol. The Balaban J connectivity index is -0.00000000889. The van der Waals surface area contributed by atoms with Crippen LogP contribution in [0.15, 0.2) is 0 Å². The van der Waals surface area contributed by atoms with Crippen molar-refractivity contribution in [3.63, 3.8) is 0 Å². The predicted octanol–water partition coefficient (Wildman–Crippen LogP) is -2.25. The van der Waals surface area contributed by atoms with Gasteiger partial charge in [0.05, 0.1) is 0 Å². The van der Waals surface area contributed by atoms with Crippen molar-refractivity contribution in [2.45, 2.75) is 0 Å². The fourth-order valence-corrected chi connectivity index (χ4v) is 0. The van der Waals surface area contributed by atoms with Gasteiger partial charge in [-0.1, -0.05) is 0 Å². The Morgan fingerprint density at radius 1 is 0.889 bits per heavy atom. The van der Waals surface area contributed by atoms with Crippen molar-refractivity contribution >= 4 is 12.9 Å². The maximum atomic E-state index is 8.36. The van der Waals surface area contributed by atoms with E-state index >= 15 is 0 Å². The van der Waals surface area contributed by atoms with E-state index in [2.05, 4.69) is 0 Å². The Morgan fingerprint density at radius 3 is 0.889 bits per heavy atom. The Bertz CT molecular complexity index is 32.0. The second kappa shape index (κ2) is 113. The minimum Gasteiger partial charge on any atom is -0.483 e. The Kier molecular flexibility index (Phi) is 466. The smallest absolute Gasteiger partial charge is 0.290 e. The summed E-state index contributed by atoms with van der Waals surface area (Å²) in [5.41, 5.74) is 0. The second-order valence-electron chi connectivity index (χ2n) is 0.211. The van der Waals surface area contributed by atoms with Gasteiger partial charge in [0, 0.05) is 27.3 Å². The van der Waals surface area contributed by atoms with Crippen molar-refractivity contribution < 1.29 is 58.1 Å². The molecular weight excluding hydrogens is 232 g/mol. The summed E-state index contributed by atoms with van der Waals surface area (Å²) in [6.45, 7) is -0.500. The van der Waals surface area contributed by atoms with E-state index in [1.807, 2.05) is 0 Å². The number of hydrogen-bond acceptors (Lipinski definition) is 2. The quantitative estimate of drug-likeness (QED) is 0.365. The first kappa shape index (κ1) is 37.2. The van der Waals surface area contributed by atoms with Crippen LogP contribution in [0.5, 0.6) is 0 Å². The summed E-state index contributed by atoms with van der Waals surface area (Å²) in [5.74, 6) is 0. The molecule has 0 aromatic heterocycles. The third-order valence-corrected chi connectivity index (χ3v) is 0. The molecule has 0 unspecified atom stereocenters. The molecule has 0 aliphatic heterocycles. The molecule has 0 amide bonds. The van der Waals surface area contributed by atoms with Crippen molar-refractivity contribution in [3.8, 4) is 0 Å². The van der Waals surface area contributed by atoms with Gasteiger partial charge in [-0.05, 0) is 0 Å². The van der Waals surface area contributed by atoms with Crippen LogP contribution in [-0.2, 0) is 36.9 Å². The van der Waals surface area contributed by atoms with Gasteiger partial charge in [-0.15, -0.1) is 0 Å². The molecule has 0 saturated carbocycles. The summed E-state index contributed by atoms with van der Waals surface area (Å²) >= 11 is 0. The summed E-state index contributed by atoms with van der Waals surface area (Å²) in [6.07, 6.45) is 0. The molecule has 0 aromatic carbocycles. The Hall–Kier alpha value is -0.218. The van der Waals surface area contributed by atoms with Crippen LogP contribution in [-0.4, -0.2) is 34.1 Å². The minimum absolute atomic E-state index is 0. The van der Waals surface area contributed by atoms with E-state index in [0.29, 0.717) is 0 Å². The van der Waals surface area contributed by atoms with Gasteiger partial charge in [0.1, 0.15) is 0 Å². The van der Waals surface area contributed by atoms with Gasteiger partial charge in [-0.3, -0.25) is 9.59 Å². The molecule has 0 aliphatic rings. The van der Waals surface area contributed by atoms with Gasteiger partial charge < -0.3 is 21.2 Å². The first-order valence-electron chi connectivity index (χ1n) is 0.988. The average Bonchev–Trinajstić information content (AvgIpc) is 1.39. The van der Waals surface area contributed by atoms with Crippen molar-refractivity contribution in [2.75, 3.05) is 0 Å². The van der Waals surface area contributed by atoms with E-state index in [1.165, 1.54) is 0 Å². The van der Waals surface area contributed by atoms with Crippen LogP contribution < -0.4 is 0 Å². The maximum absolute atomic E-state index is 8.36. The number of carboxylic acid groups (broad SMARTS) is 2. The van der Waals surface area contributed by atoms with Crippen molar-refractivity contribution in [1.29, 1.82) is 0 Å². The van der Waals surface area contributed by atoms with Crippen molar-refractivity contribution in [2.24, 2.45) is 0 Å². The van der Waals surface area contributed by atoms with Crippen LogP contribution in [0.3, 0.4) is 0 Å². The van der Waals surface area contributed by atoms with Crippen LogP contribution in [0.2, 0.25) is 0 Å². The zero-order chi connectivity index (χ0) is 5.41. The predicted molar refractivity (Wildman–Crippen MR) is 24.6 cm³/mol. The molecule has 0 heterocycles. The standard InChI is InChI=1S/2CH2O2.Cd.2H2O/c2*2-1-3;;;/h2*1H,(H,2,3);;2*1H2. The molecule has 6 N–H and O–H groups in total. The van der Waals surface area contributed by atoms with Gasteiger partial charge in [0.15, 0.2) is 0 Å². The fourth-order valence-electron chi connectivity index (χ4n) is 0. The van der Waals surface area contributed by atoms with Crippen molar-refractivity contribution in [3.05, 3.63) is 0 Å². The molecule has 0 spiro atoms. The Labute approximate surface area is 71.3 Å². The summed E-state index contributed by atoms with van der Waals surface area (Å²) in [6, 6.07) is 0. The van der Waals surface area contributed by atoms with Crippen molar-refractivity contribution in [1.82, 2.24) is 0 Å². The van der Waals surface area contributed by atoms with E-state index in [0.717, 1.165) is 0 Å². The molecule has 9 heavy (non-hydrogen) atoms. The van der Waals surface area contributed by atoms with Crippen LogP contribution in [0.25, 0.3) is 0 Å². The summed E-state index contributed by atoms with van der Waals surface area (Å²) in [7, 11) is 0. The molecule has 7 heteroatoms. The van der Waals surface area contributed by atoms with Gasteiger partial charge in [0.25, 0.3) is 12.9 Å². The van der Waals surface area contributed by atoms with E-state index in [-0.39, 0.29) is 51.2 Å². The van der Waals surface area contributed by atoms with E-state index in [9.17, 15) is 0 Å². The first-order chi connectivity index (χ1) is 2.83. The van der Waals surface area contributed by atoms with E-state index in [4.69, 9.17) is 19.8 Å². The molecule has 6 nitrogen and oxygen atoms in total. The molecule has 0 aliphatic carbocycles. The van der Waals surface area contributed by atoms with E-state index < -0.39 is 0 Å². The molecule has 0 saturated heterocycles. The Morgan fingerprint density at radius 2 is 0.889 bits per heavy atom. The summed E-state index contributed by atoms with van der Waals surface area (Å²) < 4.78 is 0. The minimum atomic E-state index is -0.250. The number of rotatable bonds is 0. The largest absolute Gasteiger partial charge is 0.483 e. The van der Waals surface area contributed by atoms with Crippen LogP contribution >= 0.6 is 0 Å². The fraction of sp³-hybridized carbons (Fsp3) is 0. The number of carbonyl (C=O) groups is 2. The van der Waals surface area contributed by atoms with Gasteiger partial charge >= 0.3 is 0 Å². The van der Waals surface area contributed by atoms with Gasteiger partial charge in [-0.25, -0.2) is 0 Å². The SMILES string of the molecule is O.O.O=CO.O=CO.[Cd]. The molecule has 0 bridgehead atoms. The third kappa shape index (κ3) is 5480. The first-order valence-corrected chi connectivity index (χ1v) is 0.988. The molecule has 54 valence electrons. The second-order valence-corrected chi connectivity index (χ2v) is 0.211. The van der Waals surface area contributed by atoms with Gasteiger partial charge in [0.2, 0.25) is 0 Å². The molecule has 0 fully saturated rings. The molecule has 0 rings (SSSR count). The normalized spacial score (nSPS) is 2.67. The topological polar surface area (TPSA) is 138 Å². The zero-order valence-electron chi connectivity index (χ0n) is 4.57. The van der Waals surface area contributed by atoms with E-state index in [1.54, 1.807) is 0 Å².